The number of aliphatic hydroxyl groups excluding tert-OH is 2. The van der Waals surface area contributed by atoms with Crippen LogP contribution in [-0.4, -0.2) is 65.3 Å². The molecule has 0 aliphatic carbocycles. The minimum absolute atomic E-state index is 0.175. The molecule has 1 fully saturated rings. The summed E-state index contributed by atoms with van der Waals surface area (Å²) in [6.45, 7) is 1.89. The number of halogens is 2. The summed E-state index contributed by atoms with van der Waals surface area (Å²) in [6.07, 6.45) is -2.17. The monoisotopic (exact) mass is 545 g/mol. The van der Waals surface area contributed by atoms with Crippen LogP contribution in [0.2, 0.25) is 5.02 Å². The lowest BCUT2D eigenvalue weighted by Crippen LogP contribution is -2.55. The first kappa shape index (κ1) is 27.1. The van der Waals surface area contributed by atoms with Crippen LogP contribution in [0.1, 0.15) is 16.0 Å². The van der Waals surface area contributed by atoms with Gasteiger partial charge in [-0.05, 0) is 59.7 Å². The number of para-hydroxylation sites is 1. The molecule has 196 valence electrons. The number of thiophene rings is 1. The Balaban J connectivity index is 1.22. The van der Waals surface area contributed by atoms with Crippen molar-refractivity contribution in [3.63, 3.8) is 0 Å². The summed E-state index contributed by atoms with van der Waals surface area (Å²) >= 11 is 7.72. The number of rotatable bonds is 9. The van der Waals surface area contributed by atoms with Crippen molar-refractivity contribution in [1.29, 1.82) is 0 Å². The molecule has 2 atom stereocenters. The summed E-state index contributed by atoms with van der Waals surface area (Å²) in [5.74, 6) is -1.75. The molecule has 0 radical (unpaired) electrons. The molecule has 37 heavy (non-hydrogen) atoms. The summed E-state index contributed by atoms with van der Waals surface area (Å²) in [4.78, 5) is 29.5. The molecule has 0 unspecified atom stereocenters. The molecule has 1 aliphatic rings. The normalized spacial score (nSPS) is 15.4. The molecule has 3 aromatic rings. The molecule has 10 heteroatoms. The average molecular weight is 546 g/mol. The van der Waals surface area contributed by atoms with E-state index in [2.05, 4.69) is 10.2 Å². The topological polar surface area (TPSA) is 93.1 Å². The summed E-state index contributed by atoms with van der Waals surface area (Å²) < 4.78 is 13.0. The maximum absolute atomic E-state index is 13.0. The SMILES string of the molecule is O=C(NCc1cc(CCc2ccc(F)cc2)cs1)[C@H](O)[C@@H](O)C(=O)N1CCN(c2ccccc2Cl)CC1. The first-order chi connectivity index (χ1) is 17.8. The highest BCUT2D eigenvalue weighted by Gasteiger charge is 2.34. The van der Waals surface area contributed by atoms with E-state index in [4.69, 9.17) is 11.6 Å². The van der Waals surface area contributed by atoms with Gasteiger partial charge in [0, 0.05) is 31.1 Å². The van der Waals surface area contributed by atoms with Gasteiger partial charge in [-0.3, -0.25) is 9.59 Å². The lowest BCUT2D eigenvalue weighted by molar-refractivity contribution is -0.153. The maximum atomic E-state index is 13.0. The maximum Gasteiger partial charge on any atom is 0.254 e. The summed E-state index contributed by atoms with van der Waals surface area (Å²) in [7, 11) is 0. The zero-order valence-electron chi connectivity index (χ0n) is 20.1. The van der Waals surface area contributed by atoms with Gasteiger partial charge in [0.15, 0.2) is 12.2 Å². The van der Waals surface area contributed by atoms with E-state index in [1.165, 1.54) is 28.4 Å². The zero-order valence-corrected chi connectivity index (χ0v) is 21.7. The van der Waals surface area contributed by atoms with Crippen molar-refractivity contribution in [3.05, 3.63) is 86.8 Å². The Morgan fingerprint density at radius 3 is 2.35 bits per heavy atom. The number of hydrogen-bond acceptors (Lipinski definition) is 6. The minimum atomic E-state index is -1.87. The van der Waals surface area contributed by atoms with Crippen molar-refractivity contribution in [2.24, 2.45) is 0 Å². The molecule has 0 spiro atoms. The first-order valence-electron chi connectivity index (χ1n) is 12.0. The van der Waals surface area contributed by atoms with Crippen LogP contribution in [0, 0.1) is 5.82 Å². The number of aryl methyl sites for hydroxylation is 2. The first-order valence-corrected chi connectivity index (χ1v) is 13.3. The van der Waals surface area contributed by atoms with E-state index in [-0.39, 0.29) is 12.4 Å². The molecule has 2 aromatic carbocycles. The number of carbonyl (C=O) groups is 2. The number of aliphatic hydroxyl groups is 2. The Hall–Kier alpha value is -2.98. The van der Waals surface area contributed by atoms with Gasteiger partial charge in [-0.15, -0.1) is 11.3 Å². The summed E-state index contributed by atoms with van der Waals surface area (Å²) in [5.41, 5.74) is 3.00. The van der Waals surface area contributed by atoms with Crippen molar-refractivity contribution in [3.8, 4) is 0 Å². The highest BCUT2D eigenvalue weighted by Crippen LogP contribution is 2.26. The standard InChI is InChI=1S/C27H29ClFN3O4S/c28-22-3-1-2-4-23(22)31-11-13-32(14-12-31)27(36)25(34)24(33)26(35)30-16-21-15-19(17-37-21)6-5-18-7-9-20(29)10-8-18/h1-4,7-10,15,17,24-25,33-34H,5-6,11-14,16H2,(H,30,35)/t24-,25-/m1/s1. The molecule has 1 aliphatic heterocycles. The number of amides is 2. The van der Waals surface area contributed by atoms with E-state index in [0.717, 1.165) is 34.5 Å². The van der Waals surface area contributed by atoms with Gasteiger partial charge in [-0.1, -0.05) is 35.9 Å². The van der Waals surface area contributed by atoms with Crippen molar-refractivity contribution in [2.75, 3.05) is 31.1 Å². The fourth-order valence-electron chi connectivity index (χ4n) is 4.21. The van der Waals surface area contributed by atoms with Crippen LogP contribution in [0.25, 0.3) is 0 Å². The fourth-order valence-corrected chi connectivity index (χ4v) is 5.33. The van der Waals surface area contributed by atoms with E-state index in [1.54, 1.807) is 18.2 Å². The number of nitrogens with one attached hydrogen (secondary N) is 1. The Kier molecular flexibility index (Phi) is 9.15. The van der Waals surface area contributed by atoms with Gasteiger partial charge < -0.3 is 25.3 Å². The Morgan fingerprint density at radius 1 is 0.973 bits per heavy atom. The van der Waals surface area contributed by atoms with Crippen LogP contribution in [-0.2, 0) is 29.0 Å². The molecular formula is C27H29ClFN3O4S. The Morgan fingerprint density at radius 2 is 1.65 bits per heavy atom. The van der Waals surface area contributed by atoms with Gasteiger partial charge in [0.05, 0.1) is 17.3 Å². The zero-order chi connectivity index (χ0) is 26.4. The van der Waals surface area contributed by atoms with E-state index in [1.807, 2.05) is 29.6 Å². The van der Waals surface area contributed by atoms with Crippen LogP contribution in [0.3, 0.4) is 0 Å². The van der Waals surface area contributed by atoms with E-state index in [9.17, 15) is 24.2 Å². The number of anilines is 1. The van der Waals surface area contributed by atoms with Crippen molar-refractivity contribution in [2.45, 2.75) is 31.6 Å². The lowest BCUT2D eigenvalue weighted by atomic mass is 10.1. The predicted molar refractivity (Wildman–Crippen MR) is 142 cm³/mol. The third-order valence-corrected chi connectivity index (χ3v) is 7.67. The van der Waals surface area contributed by atoms with Crippen LogP contribution >= 0.6 is 22.9 Å². The van der Waals surface area contributed by atoms with Gasteiger partial charge in [0.1, 0.15) is 5.82 Å². The molecule has 3 N–H and O–H groups in total. The van der Waals surface area contributed by atoms with Gasteiger partial charge in [-0.25, -0.2) is 4.39 Å². The molecule has 2 amide bonds. The lowest BCUT2D eigenvalue weighted by Gasteiger charge is -2.37. The highest BCUT2D eigenvalue weighted by molar-refractivity contribution is 7.10. The van der Waals surface area contributed by atoms with Gasteiger partial charge in [0.2, 0.25) is 0 Å². The quantitative estimate of drug-likeness (QED) is 0.384. The number of nitrogens with zero attached hydrogens (tertiary/aromatic N) is 2. The largest absolute Gasteiger partial charge is 0.380 e. The third-order valence-electron chi connectivity index (χ3n) is 6.37. The van der Waals surface area contributed by atoms with Crippen LogP contribution < -0.4 is 10.2 Å². The molecule has 1 saturated heterocycles. The predicted octanol–water partition coefficient (Wildman–Crippen LogP) is 3.01. The number of carbonyl (C=O) groups excluding carboxylic acids is 2. The van der Waals surface area contributed by atoms with Gasteiger partial charge in [-0.2, -0.15) is 0 Å². The summed E-state index contributed by atoms with van der Waals surface area (Å²) in [6, 6.07) is 15.8. The number of piperazine rings is 1. The van der Waals surface area contributed by atoms with Crippen LogP contribution in [0.4, 0.5) is 10.1 Å². The second-order valence-electron chi connectivity index (χ2n) is 8.92. The van der Waals surface area contributed by atoms with Gasteiger partial charge in [0.25, 0.3) is 11.8 Å². The van der Waals surface area contributed by atoms with Crippen LogP contribution in [0.5, 0.6) is 0 Å². The summed E-state index contributed by atoms with van der Waals surface area (Å²) in [5, 5.41) is 25.9. The number of hydrogen-bond donors (Lipinski definition) is 3. The van der Waals surface area contributed by atoms with E-state index in [0.29, 0.717) is 31.2 Å². The molecular weight excluding hydrogens is 517 g/mol. The molecule has 0 bridgehead atoms. The Labute approximate surface area is 224 Å². The molecule has 1 aromatic heterocycles. The molecule has 0 saturated carbocycles. The van der Waals surface area contributed by atoms with E-state index < -0.39 is 24.0 Å². The molecule has 4 rings (SSSR count). The average Bonchev–Trinajstić information content (AvgIpc) is 3.38. The third kappa shape index (κ3) is 7.07. The van der Waals surface area contributed by atoms with E-state index >= 15 is 0 Å². The Bertz CT molecular complexity index is 1210. The molecule has 7 nitrogen and oxygen atoms in total. The second-order valence-corrected chi connectivity index (χ2v) is 10.3. The van der Waals surface area contributed by atoms with Crippen molar-refractivity contribution >= 4 is 40.4 Å². The minimum Gasteiger partial charge on any atom is -0.380 e. The van der Waals surface area contributed by atoms with Crippen molar-refractivity contribution in [1.82, 2.24) is 10.2 Å². The number of benzene rings is 2. The smallest absolute Gasteiger partial charge is 0.254 e. The highest BCUT2D eigenvalue weighted by atomic mass is 35.5. The fraction of sp³-hybridized carbons (Fsp3) is 0.333. The van der Waals surface area contributed by atoms with Gasteiger partial charge >= 0.3 is 0 Å². The second kappa shape index (κ2) is 12.5. The van der Waals surface area contributed by atoms with Crippen LogP contribution in [0.15, 0.2) is 60.0 Å². The van der Waals surface area contributed by atoms with Crippen molar-refractivity contribution < 1.29 is 24.2 Å². The molecule has 2 heterocycles.